The maximum Gasteiger partial charge on any atom is 0.306 e. The minimum absolute atomic E-state index is 0.00514. The number of esters is 1. The van der Waals surface area contributed by atoms with Crippen molar-refractivity contribution in [3.8, 4) is 0 Å². The van der Waals surface area contributed by atoms with Crippen LogP contribution in [-0.4, -0.2) is 48.0 Å². The van der Waals surface area contributed by atoms with Crippen LogP contribution in [0.4, 0.5) is 5.69 Å². The summed E-state index contributed by atoms with van der Waals surface area (Å²) in [6, 6.07) is 5.51. The van der Waals surface area contributed by atoms with Gasteiger partial charge in [-0.2, -0.15) is 0 Å². The highest BCUT2D eigenvalue weighted by atomic mass is 35.5. The maximum atomic E-state index is 13.8. The number of nitrogens with one attached hydrogen (secondary N) is 1. The van der Waals surface area contributed by atoms with Gasteiger partial charge in [-0.15, -0.1) is 0 Å². The van der Waals surface area contributed by atoms with Crippen molar-refractivity contribution in [1.29, 1.82) is 0 Å². The molecule has 3 aliphatic rings. The lowest BCUT2D eigenvalue weighted by molar-refractivity contribution is -0.143. The van der Waals surface area contributed by atoms with E-state index in [9.17, 15) is 14.4 Å². The highest BCUT2D eigenvalue weighted by Crippen LogP contribution is 2.54. The number of likely N-dealkylation sites (tertiary alicyclic amines) is 1. The molecule has 8 nitrogen and oxygen atoms in total. The van der Waals surface area contributed by atoms with Gasteiger partial charge in [-0.1, -0.05) is 43.6 Å². The van der Waals surface area contributed by atoms with Gasteiger partial charge < -0.3 is 19.5 Å². The van der Waals surface area contributed by atoms with E-state index in [1.165, 1.54) is 19.1 Å². The lowest BCUT2D eigenvalue weighted by atomic mass is 9.66. The molecule has 0 spiro atoms. The molecule has 1 aliphatic heterocycles. The number of methoxy groups -OCH3 is 1. The number of anilines is 1. The summed E-state index contributed by atoms with van der Waals surface area (Å²) in [6.07, 6.45) is 5.61. The number of hydrogen-bond donors (Lipinski definition) is 1. The van der Waals surface area contributed by atoms with E-state index in [1.807, 2.05) is 19.1 Å². The Morgan fingerprint density at radius 3 is 2.49 bits per heavy atom. The summed E-state index contributed by atoms with van der Waals surface area (Å²) in [7, 11) is 1.31. The van der Waals surface area contributed by atoms with Gasteiger partial charge in [0, 0.05) is 36.9 Å². The Bertz CT molecular complexity index is 1300. The molecule has 2 atom stereocenters. The number of aromatic nitrogens is 1. The molecule has 2 amide bonds. The van der Waals surface area contributed by atoms with E-state index in [4.69, 9.17) is 20.9 Å². The Balaban J connectivity index is 1.39. The number of hydrogen-bond acceptors (Lipinski definition) is 6. The zero-order valence-corrected chi connectivity index (χ0v) is 25.6. The van der Waals surface area contributed by atoms with Crippen molar-refractivity contribution >= 4 is 35.1 Å². The molecule has 2 aromatic rings. The summed E-state index contributed by atoms with van der Waals surface area (Å²) in [4.78, 5) is 40.3. The van der Waals surface area contributed by atoms with Crippen LogP contribution in [0.3, 0.4) is 0 Å². The monoisotopic (exact) mass is 583 g/mol. The predicted octanol–water partition coefficient (Wildman–Crippen LogP) is 6.58. The van der Waals surface area contributed by atoms with Crippen LogP contribution in [0.15, 0.2) is 22.7 Å². The van der Waals surface area contributed by atoms with Gasteiger partial charge in [0.2, 0.25) is 11.8 Å². The van der Waals surface area contributed by atoms with E-state index in [1.54, 1.807) is 11.0 Å². The number of nitrogens with zero attached hydrogens (tertiary/aromatic N) is 2. The molecule has 0 bridgehead atoms. The summed E-state index contributed by atoms with van der Waals surface area (Å²) in [5.41, 5.74) is 3.83. The number of halogens is 1. The van der Waals surface area contributed by atoms with Gasteiger partial charge in [0.05, 0.1) is 35.9 Å². The maximum absolute atomic E-state index is 13.8. The van der Waals surface area contributed by atoms with E-state index in [0.29, 0.717) is 40.4 Å². The molecule has 1 aromatic heterocycles. The Morgan fingerprint density at radius 1 is 1.12 bits per heavy atom. The normalized spacial score (nSPS) is 24.2. The third-order valence-electron chi connectivity index (χ3n) is 8.79. The zero-order valence-electron chi connectivity index (χ0n) is 24.8. The molecule has 1 N–H and O–H groups in total. The third kappa shape index (κ3) is 6.79. The van der Waals surface area contributed by atoms with Crippen LogP contribution in [-0.2, 0) is 19.1 Å². The van der Waals surface area contributed by atoms with E-state index < -0.39 is 11.9 Å². The summed E-state index contributed by atoms with van der Waals surface area (Å²) in [6.45, 7) is 9.39. The Labute approximate surface area is 247 Å². The van der Waals surface area contributed by atoms with Crippen LogP contribution in [0.5, 0.6) is 0 Å². The molecular formula is C32H42ClN3O5. The van der Waals surface area contributed by atoms with Crippen molar-refractivity contribution in [2.24, 2.45) is 17.3 Å². The van der Waals surface area contributed by atoms with E-state index in [0.717, 1.165) is 42.7 Å². The largest absolute Gasteiger partial charge is 0.469 e. The summed E-state index contributed by atoms with van der Waals surface area (Å²) < 4.78 is 10.8. The topological polar surface area (TPSA) is 102 Å². The molecule has 0 unspecified atom stereocenters. The number of ether oxygens (including phenoxy) is 1. The lowest BCUT2D eigenvalue weighted by Crippen LogP contribution is -2.32. The predicted molar refractivity (Wildman–Crippen MR) is 157 cm³/mol. The highest BCUT2D eigenvalue weighted by Gasteiger charge is 2.47. The first-order chi connectivity index (χ1) is 19.4. The van der Waals surface area contributed by atoms with Crippen LogP contribution in [0.1, 0.15) is 106 Å². The Hall–Kier alpha value is -2.87. The smallest absolute Gasteiger partial charge is 0.306 e. The molecule has 9 heteroatoms. The van der Waals surface area contributed by atoms with E-state index >= 15 is 0 Å². The van der Waals surface area contributed by atoms with Gasteiger partial charge in [-0.05, 0) is 74.0 Å². The van der Waals surface area contributed by atoms with E-state index in [2.05, 4.69) is 31.2 Å². The molecule has 1 aromatic carbocycles. The van der Waals surface area contributed by atoms with Crippen molar-refractivity contribution in [2.75, 3.05) is 25.5 Å². The fourth-order valence-electron chi connectivity index (χ4n) is 6.62. The molecule has 2 heterocycles. The molecule has 5 rings (SSSR count). The Kier molecular flexibility index (Phi) is 8.51. The van der Waals surface area contributed by atoms with Crippen molar-refractivity contribution in [2.45, 2.75) is 90.4 Å². The van der Waals surface area contributed by atoms with Crippen LogP contribution in [0.2, 0.25) is 5.02 Å². The Morgan fingerprint density at radius 2 is 1.85 bits per heavy atom. The number of amides is 2. The molecule has 2 aliphatic carbocycles. The highest BCUT2D eigenvalue weighted by molar-refractivity contribution is 6.33. The third-order valence-corrected chi connectivity index (χ3v) is 9.10. The SMILES string of the molecule is COC(=O)CCC(=O)N1C[C@H](C(=O)Nc2ccc(C)cc2Cl)[C@@H](c2noc([C@H]3C[C@@H](CC(C)(C)C)C3)c2C2CC2)C1. The second-order valence-electron chi connectivity index (χ2n) is 13.5. The number of carbonyl (C=O) groups excluding carboxylic acids is 3. The average Bonchev–Trinajstić information content (AvgIpc) is 3.47. The second-order valence-corrected chi connectivity index (χ2v) is 13.9. The van der Waals surface area contributed by atoms with Gasteiger partial charge in [0.1, 0.15) is 5.76 Å². The number of aryl methyl sites for hydroxylation is 1. The van der Waals surface area contributed by atoms with Crippen molar-refractivity contribution in [3.05, 3.63) is 45.8 Å². The van der Waals surface area contributed by atoms with E-state index in [-0.39, 0.29) is 37.1 Å². The van der Waals surface area contributed by atoms with Crippen LogP contribution in [0.25, 0.3) is 0 Å². The second kappa shape index (κ2) is 11.8. The average molecular weight is 584 g/mol. The molecule has 0 radical (unpaired) electrons. The van der Waals surface area contributed by atoms with Crippen molar-refractivity contribution in [3.63, 3.8) is 0 Å². The van der Waals surface area contributed by atoms with Gasteiger partial charge >= 0.3 is 5.97 Å². The lowest BCUT2D eigenvalue weighted by Gasteiger charge is -2.38. The van der Waals surface area contributed by atoms with Gasteiger partial charge in [0.15, 0.2) is 0 Å². The minimum atomic E-state index is -0.528. The number of benzene rings is 1. The first-order valence-electron chi connectivity index (χ1n) is 14.8. The quantitative estimate of drug-likeness (QED) is 0.335. The molecule has 3 fully saturated rings. The minimum Gasteiger partial charge on any atom is -0.469 e. The van der Waals surface area contributed by atoms with Gasteiger partial charge in [-0.25, -0.2) is 0 Å². The van der Waals surface area contributed by atoms with Crippen LogP contribution >= 0.6 is 11.6 Å². The summed E-state index contributed by atoms with van der Waals surface area (Å²) in [5.74, 6) is 0.787. The molecule has 41 heavy (non-hydrogen) atoms. The summed E-state index contributed by atoms with van der Waals surface area (Å²) >= 11 is 6.43. The molecule has 1 saturated heterocycles. The van der Waals surface area contributed by atoms with Crippen LogP contribution in [0, 0.1) is 24.2 Å². The summed E-state index contributed by atoms with van der Waals surface area (Å²) in [5, 5.41) is 8.09. The van der Waals surface area contributed by atoms with Crippen LogP contribution < -0.4 is 5.32 Å². The first kappa shape index (κ1) is 29.6. The van der Waals surface area contributed by atoms with Gasteiger partial charge in [-0.3, -0.25) is 14.4 Å². The molecule has 2 saturated carbocycles. The zero-order chi connectivity index (χ0) is 29.5. The van der Waals surface area contributed by atoms with Crippen molar-refractivity contribution in [1.82, 2.24) is 10.1 Å². The molecule has 222 valence electrons. The number of carbonyl (C=O) groups is 3. The van der Waals surface area contributed by atoms with Gasteiger partial charge in [0.25, 0.3) is 0 Å². The standard InChI is InChI=1S/C32H42ClN3O5/c1-18-6-9-25(24(33)12-18)34-31(39)23-17-36(26(37)10-11-27(38)40-5)16-22(23)29-28(20-7-8-20)30(41-35-29)21-13-19(14-21)15-32(2,3)4/h6,9,12,19-23H,7-8,10-11,13-17H2,1-5H3,(H,34,39)/t19-,21+,22-,23-/m0/s1. The fraction of sp³-hybridized carbons (Fsp3) is 0.625. The fourth-order valence-corrected chi connectivity index (χ4v) is 6.90. The number of rotatable bonds is 9. The van der Waals surface area contributed by atoms with Crippen molar-refractivity contribution < 1.29 is 23.6 Å². The first-order valence-corrected chi connectivity index (χ1v) is 15.2. The molecular weight excluding hydrogens is 542 g/mol.